The number of aromatic amines is 1. The van der Waals surface area contributed by atoms with Gasteiger partial charge in [-0.1, -0.05) is 48.2 Å². The molecule has 0 aliphatic rings. The number of amides is 1. The Morgan fingerprint density at radius 3 is 2.47 bits per heavy atom. The van der Waals surface area contributed by atoms with Crippen LogP contribution >= 0.6 is 11.8 Å². The van der Waals surface area contributed by atoms with Gasteiger partial charge in [-0.25, -0.2) is 10.4 Å². The summed E-state index contributed by atoms with van der Waals surface area (Å²) in [5, 5.41) is 5.06. The standard InChI is InChI=1S/C23H21N5OS/c1-15(17-10-12-19(24)13-11-17)27-28-22(29)18-8-6-16(7-9-18)14-30-23-25-20-4-2-3-5-21(20)26-23/h2-13H,14,24H2,1H3,(H,25,26)(H,28,29)/b27-15+. The van der Waals surface area contributed by atoms with E-state index in [1.165, 1.54) is 0 Å². The number of nitrogens with two attached hydrogens (primary N) is 1. The molecule has 0 aliphatic heterocycles. The van der Waals surface area contributed by atoms with Gasteiger partial charge in [0.15, 0.2) is 5.16 Å². The zero-order valence-corrected chi connectivity index (χ0v) is 17.2. The van der Waals surface area contributed by atoms with E-state index in [9.17, 15) is 4.79 Å². The first kappa shape index (κ1) is 19.7. The van der Waals surface area contributed by atoms with Crippen molar-refractivity contribution < 1.29 is 4.79 Å². The van der Waals surface area contributed by atoms with Gasteiger partial charge in [-0.3, -0.25) is 4.79 Å². The fourth-order valence-corrected chi connectivity index (χ4v) is 3.73. The molecule has 30 heavy (non-hydrogen) atoms. The number of nitrogen functional groups attached to an aromatic ring is 1. The molecule has 4 rings (SSSR count). The van der Waals surface area contributed by atoms with E-state index >= 15 is 0 Å². The van der Waals surface area contributed by atoms with Crippen molar-refractivity contribution >= 4 is 40.1 Å². The van der Waals surface area contributed by atoms with Gasteiger partial charge in [0.05, 0.1) is 16.7 Å². The van der Waals surface area contributed by atoms with Crippen molar-refractivity contribution in [3.63, 3.8) is 0 Å². The number of H-pyrrole nitrogens is 1. The fraction of sp³-hybridized carbons (Fsp3) is 0.0870. The topological polar surface area (TPSA) is 96.2 Å². The SMILES string of the molecule is C/C(=N\NC(=O)c1ccc(CSc2nc3ccccc3[nH]2)cc1)c1ccc(N)cc1. The Kier molecular flexibility index (Phi) is 5.81. The summed E-state index contributed by atoms with van der Waals surface area (Å²) in [7, 11) is 0. The highest BCUT2D eigenvalue weighted by Crippen LogP contribution is 2.23. The lowest BCUT2D eigenvalue weighted by atomic mass is 10.1. The summed E-state index contributed by atoms with van der Waals surface area (Å²) in [5.41, 5.74) is 14.3. The number of carbonyl (C=O) groups is 1. The Bertz CT molecular complexity index is 1160. The third-order valence-electron chi connectivity index (χ3n) is 4.61. The molecule has 0 spiro atoms. The number of hydrazone groups is 1. The van der Waals surface area contributed by atoms with Crippen molar-refractivity contribution in [2.75, 3.05) is 5.73 Å². The van der Waals surface area contributed by atoms with Crippen molar-refractivity contribution in [1.82, 2.24) is 15.4 Å². The highest BCUT2D eigenvalue weighted by atomic mass is 32.2. The molecule has 7 heteroatoms. The lowest BCUT2D eigenvalue weighted by Gasteiger charge is -2.05. The van der Waals surface area contributed by atoms with Crippen LogP contribution in [0.4, 0.5) is 5.69 Å². The third kappa shape index (κ3) is 4.69. The number of nitrogens with one attached hydrogen (secondary N) is 2. The van der Waals surface area contributed by atoms with Crippen LogP contribution in [0.5, 0.6) is 0 Å². The molecular weight excluding hydrogens is 394 g/mol. The molecule has 0 saturated carbocycles. The van der Waals surface area contributed by atoms with Crippen LogP contribution in [0, 0.1) is 0 Å². The molecule has 0 atom stereocenters. The lowest BCUT2D eigenvalue weighted by molar-refractivity contribution is 0.0955. The van der Waals surface area contributed by atoms with Gasteiger partial charge in [0.2, 0.25) is 0 Å². The number of thioether (sulfide) groups is 1. The number of fused-ring (bicyclic) bond motifs is 1. The maximum atomic E-state index is 12.4. The Labute approximate surface area is 178 Å². The number of benzene rings is 3. The highest BCUT2D eigenvalue weighted by Gasteiger charge is 2.07. The summed E-state index contributed by atoms with van der Waals surface area (Å²) in [6.45, 7) is 1.84. The quantitative estimate of drug-likeness (QED) is 0.186. The number of aromatic nitrogens is 2. The molecule has 150 valence electrons. The summed E-state index contributed by atoms with van der Waals surface area (Å²) < 4.78 is 0. The first-order valence-electron chi connectivity index (χ1n) is 9.45. The van der Waals surface area contributed by atoms with Crippen molar-refractivity contribution in [2.45, 2.75) is 17.8 Å². The number of anilines is 1. The predicted octanol–water partition coefficient (Wildman–Crippen LogP) is 4.59. The van der Waals surface area contributed by atoms with E-state index in [-0.39, 0.29) is 5.91 Å². The first-order valence-corrected chi connectivity index (χ1v) is 10.4. The van der Waals surface area contributed by atoms with Crippen LogP contribution in [0.2, 0.25) is 0 Å². The molecule has 0 unspecified atom stereocenters. The van der Waals surface area contributed by atoms with E-state index in [1.807, 2.05) is 55.5 Å². The number of hydrogen-bond acceptors (Lipinski definition) is 5. The van der Waals surface area contributed by atoms with Crippen LogP contribution < -0.4 is 11.2 Å². The normalized spacial score (nSPS) is 11.6. The second-order valence-corrected chi connectivity index (χ2v) is 7.77. The second-order valence-electron chi connectivity index (χ2n) is 6.80. The van der Waals surface area contributed by atoms with Gasteiger partial charge in [0.25, 0.3) is 5.91 Å². The Morgan fingerprint density at radius 1 is 1.03 bits per heavy atom. The van der Waals surface area contributed by atoms with Crippen LogP contribution in [-0.2, 0) is 5.75 Å². The van der Waals surface area contributed by atoms with Gasteiger partial charge >= 0.3 is 0 Å². The molecule has 1 amide bonds. The Balaban J connectivity index is 1.34. The van der Waals surface area contributed by atoms with E-state index in [1.54, 1.807) is 36.0 Å². The summed E-state index contributed by atoms with van der Waals surface area (Å²) >= 11 is 1.63. The summed E-state index contributed by atoms with van der Waals surface area (Å²) in [5.74, 6) is 0.511. The van der Waals surface area contributed by atoms with E-state index in [2.05, 4.69) is 20.5 Å². The van der Waals surface area contributed by atoms with Crippen molar-refractivity contribution in [3.05, 3.63) is 89.5 Å². The maximum Gasteiger partial charge on any atom is 0.271 e. The minimum atomic E-state index is -0.249. The number of para-hydroxylation sites is 2. The second kappa shape index (κ2) is 8.84. The molecule has 0 fully saturated rings. The third-order valence-corrected chi connectivity index (χ3v) is 5.56. The molecule has 1 heterocycles. The molecule has 3 aromatic carbocycles. The maximum absolute atomic E-state index is 12.4. The van der Waals surface area contributed by atoms with E-state index in [4.69, 9.17) is 5.73 Å². The highest BCUT2D eigenvalue weighted by molar-refractivity contribution is 7.98. The lowest BCUT2D eigenvalue weighted by Crippen LogP contribution is -2.19. The largest absolute Gasteiger partial charge is 0.399 e. The molecule has 0 aliphatic carbocycles. The predicted molar refractivity (Wildman–Crippen MR) is 123 cm³/mol. The van der Waals surface area contributed by atoms with Gasteiger partial charge in [-0.05, 0) is 54.4 Å². The molecule has 0 radical (unpaired) electrons. The van der Waals surface area contributed by atoms with Crippen molar-refractivity contribution in [1.29, 1.82) is 0 Å². The minimum Gasteiger partial charge on any atom is -0.399 e. The molecule has 4 aromatic rings. The van der Waals surface area contributed by atoms with Gasteiger partial charge in [-0.15, -0.1) is 0 Å². The Morgan fingerprint density at radius 2 is 1.73 bits per heavy atom. The number of hydrogen-bond donors (Lipinski definition) is 3. The van der Waals surface area contributed by atoms with Crippen LogP contribution in [0.1, 0.15) is 28.4 Å². The Hall–Kier alpha value is -3.58. The zero-order chi connectivity index (χ0) is 20.9. The monoisotopic (exact) mass is 415 g/mol. The van der Waals surface area contributed by atoms with E-state index in [0.717, 1.165) is 33.1 Å². The van der Waals surface area contributed by atoms with Gasteiger partial charge in [0, 0.05) is 17.0 Å². The average Bonchev–Trinajstić information content (AvgIpc) is 3.20. The summed E-state index contributed by atoms with van der Waals surface area (Å²) in [6, 6.07) is 22.8. The van der Waals surface area contributed by atoms with Crippen LogP contribution in [-0.4, -0.2) is 21.6 Å². The number of imidazole rings is 1. The van der Waals surface area contributed by atoms with Gasteiger partial charge in [0.1, 0.15) is 0 Å². The summed E-state index contributed by atoms with van der Waals surface area (Å²) in [6.07, 6.45) is 0. The van der Waals surface area contributed by atoms with E-state index < -0.39 is 0 Å². The summed E-state index contributed by atoms with van der Waals surface area (Å²) in [4.78, 5) is 20.2. The first-order chi connectivity index (χ1) is 14.6. The van der Waals surface area contributed by atoms with Gasteiger partial charge < -0.3 is 10.7 Å². The smallest absolute Gasteiger partial charge is 0.271 e. The van der Waals surface area contributed by atoms with Crippen LogP contribution in [0.15, 0.2) is 83.1 Å². The van der Waals surface area contributed by atoms with Gasteiger partial charge in [-0.2, -0.15) is 5.10 Å². The minimum absolute atomic E-state index is 0.249. The number of nitrogens with zero attached hydrogens (tertiary/aromatic N) is 2. The zero-order valence-electron chi connectivity index (χ0n) is 16.4. The molecule has 4 N–H and O–H groups in total. The number of carbonyl (C=O) groups excluding carboxylic acids is 1. The molecule has 0 saturated heterocycles. The molecule has 6 nitrogen and oxygen atoms in total. The van der Waals surface area contributed by atoms with Crippen molar-refractivity contribution in [2.24, 2.45) is 5.10 Å². The molecule has 0 bridgehead atoms. The van der Waals surface area contributed by atoms with Crippen LogP contribution in [0.3, 0.4) is 0 Å². The molecule has 1 aromatic heterocycles. The number of rotatable bonds is 6. The van der Waals surface area contributed by atoms with Crippen molar-refractivity contribution in [3.8, 4) is 0 Å². The van der Waals surface area contributed by atoms with Crippen LogP contribution in [0.25, 0.3) is 11.0 Å². The fourth-order valence-electron chi connectivity index (χ4n) is 2.89. The van der Waals surface area contributed by atoms with E-state index in [0.29, 0.717) is 17.0 Å². The molecular formula is C23H21N5OS. The average molecular weight is 416 g/mol.